The number of carbonyl (C=O) groups is 1. The summed E-state index contributed by atoms with van der Waals surface area (Å²) in [7, 11) is -3.40. The zero-order valence-corrected chi connectivity index (χ0v) is 10.6. The van der Waals surface area contributed by atoms with Crippen LogP contribution in [0.1, 0.15) is 40.5 Å². The summed E-state index contributed by atoms with van der Waals surface area (Å²) in [6.45, 7) is 6.98. The second kappa shape index (κ2) is 6.10. The van der Waals surface area contributed by atoms with Crippen LogP contribution in [0, 0.1) is 0 Å². The van der Waals surface area contributed by atoms with Gasteiger partial charge in [-0.3, -0.25) is 4.79 Å². The number of carbonyl (C=O) groups excluding carboxylic acids is 1. The van der Waals surface area contributed by atoms with Crippen LogP contribution in [-0.4, -0.2) is 31.5 Å². The molecule has 0 amide bonds. The average Bonchev–Trinajstić information content (AvgIpc) is 2.17. The molecule has 0 fully saturated rings. The number of sulfone groups is 1. The van der Waals surface area contributed by atoms with E-state index < -0.39 is 26.3 Å². The Bertz CT molecular complexity index is 295. The smallest absolute Gasteiger partial charge is 0.324 e. The van der Waals surface area contributed by atoms with Crippen molar-refractivity contribution in [2.45, 2.75) is 51.0 Å². The molecule has 4 nitrogen and oxygen atoms in total. The summed E-state index contributed by atoms with van der Waals surface area (Å²) in [5, 5.41) is -1.50. The maximum atomic E-state index is 11.9. The standard InChI is InChI=1S/C10H20O4S/c1-5-8(4)15(12,13)9(6-2)10(11)14-7-3/h8-9H,5-7H2,1-4H3. The van der Waals surface area contributed by atoms with Crippen molar-refractivity contribution >= 4 is 15.8 Å². The lowest BCUT2D eigenvalue weighted by Crippen LogP contribution is -2.37. The first-order valence-electron chi connectivity index (χ1n) is 5.31. The second-order valence-electron chi connectivity index (χ2n) is 3.46. The molecule has 0 aromatic rings. The van der Waals surface area contributed by atoms with Crippen molar-refractivity contribution in [3.63, 3.8) is 0 Å². The van der Waals surface area contributed by atoms with Gasteiger partial charge in [0.05, 0.1) is 11.9 Å². The molecule has 0 N–H and O–H groups in total. The third-order valence-electron chi connectivity index (χ3n) is 2.45. The van der Waals surface area contributed by atoms with Crippen LogP contribution in [0.25, 0.3) is 0 Å². The summed E-state index contributed by atoms with van der Waals surface area (Å²) in [5.41, 5.74) is 0. The van der Waals surface area contributed by atoms with E-state index in [1.54, 1.807) is 27.7 Å². The first-order chi connectivity index (χ1) is 6.91. The number of hydrogen-bond donors (Lipinski definition) is 0. The number of hydrogen-bond acceptors (Lipinski definition) is 4. The molecule has 90 valence electrons. The minimum Gasteiger partial charge on any atom is -0.465 e. The fraction of sp³-hybridized carbons (Fsp3) is 0.900. The van der Waals surface area contributed by atoms with E-state index in [0.717, 1.165) is 0 Å². The number of rotatable bonds is 6. The van der Waals surface area contributed by atoms with Gasteiger partial charge in [-0.05, 0) is 26.7 Å². The second-order valence-corrected chi connectivity index (χ2v) is 6.01. The molecular formula is C10H20O4S. The van der Waals surface area contributed by atoms with Gasteiger partial charge < -0.3 is 4.74 Å². The van der Waals surface area contributed by atoms with Gasteiger partial charge in [-0.2, -0.15) is 0 Å². The molecule has 0 saturated heterocycles. The molecule has 0 bridgehead atoms. The average molecular weight is 236 g/mol. The molecule has 2 atom stereocenters. The van der Waals surface area contributed by atoms with Gasteiger partial charge in [0.2, 0.25) is 0 Å². The SMILES string of the molecule is CCOC(=O)C(CC)S(=O)(=O)C(C)CC. The first-order valence-corrected chi connectivity index (χ1v) is 6.91. The molecule has 0 heterocycles. The minimum atomic E-state index is -3.40. The zero-order valence-electron chi connectivity index (χ0n) is 9.82. The van der Waals surface area contributed by atoms with E-state index >= 15 is 0 Å². The summed E-state index contributed by atoms with van der Waals surface area (Å²) in [4.78, 5) is 11.4. The maximum Gasteiger partial charge on any atom is 0.324 e. The molecule has 0 rings (SSSR count). The topological polar surface area (TPSA) is 60.4 Å². The summed E-state index contributed by atoms with van der Waals surface area (Å²) >= 11 is 0. The summed E-state index contributed by atoms with van der Waals surface area (Å²) < 4.78 is 28.6. The van der Waals surface area contributed by atoms with Gasteiger partial charge >= 0.3 is 5.97 Å². The van der Waals surface area contributed by atoms with Gasteiger partial charge in [-0.25, -0.2) is 8.42 Å². The Balaban J connectivity index is 4.89. The van der Waals surface area contributed by atoms with Crippen molar-refractivity contribution in [2.75, 3.05) is 6.61 Å². The van der Waals surface area contributed by atoms with Crippen LogP contribution in [0.4, 0.5) is 0 Å². The maximum absolute atomic E-state index is 11.9. The van der Waals surface area contributed by atoms with Crippen molar-refractivity contribution < 1.29 is 17.9 Å². The largest absolute Gasteiger partial charge is 0.465 e. The Morgan fingerprint density at radius 3 is 2.07 bits per heavy atom. The van der Waals surface area contributed by atoms with Crippen LogP contribution in [0.5, 0.6) is 0 Å². The lowest BCUT2D eigenvalue weighted by atomic mass is 10.3. The van der Waals surface area contributed by atoms with E-state index in [-0.39, 0.29) is 13.0 Å². The molecule has 0 aliphatic heterocycles. The van der Waals surface area contributed by atoms with Crippen LogP contribution in [0.2, 0.25) is 0 Å². The van der Waals surface area contributed by atoms with E-state index in [1.165, 1.54) is 0 Å². The van der Waals surface area contributed by atoms with Crippen molar-refractivity contribution in [3.05, 3.63) is 0 Å². The van der Waals surface area contributed by atoms with Crippen molar-refractivity contribution in [2.24, 2.45) is 0 Å². The fourth-order valence-corrected chi connectivity index (χ4v) is 3.11. The number of ether oxygens (including phenoxy) is 1. The summed E-state index contributed by atoms with van der Waals surface area (Å²) in [6, 6.07) is 0. The molecule has 2 unspecified atom stereocenters. The first kappa shape index (κ1) is 14.4. The van der Waals surface area contributed by atoms with E-state index in [1.807, 2.05) is 0 Å². The van der Waals surface area contributed by atoms with Gasteiger partial charge in [-0.15, -0.1) is 0 Å². The van der Waals surface area contributed by atoms with Crippen LogP contribution in [0.3, 0.4) is 0 Å². The Kier molecular flexibility index (Phi) is 5.87. The van der Waals surface area contributed by atoms with Crippen molar-refractivity contribution in [1.82, 2.24) is 0 Å². The minimum absolute atomic E-state index is 0.214. The highest BCUT2D eigenvalue weighted by Gasteiger charge is 2.35. The molecule has 0 spiro atoms. The van der Waals surface area contributed by atoms with Gasteiger partial charge in [0, 0.05) is 0 Å². The molecule has 15 heavy (non-hydrogen) atoms. The molecule has 5 heteroatoms. The molecule has 0 aromatic heterocycles. The Morgan fingerprint density at radius 2 is 1.73 bits per heavy atom. The summed E-state index contributed by atoms with van der Waals surface area (Å²) in [6.07, 6.45) is 0.781. The predicted octanol–water partition coefficient (Wildman–Crippen LogP) is 1.54. The Labute approximate surface area is 91.9 Å². The van der Waals surface area contributed by atoms with Gasteiger partial charge in [0.15, 0.2) is 15.1 Å². The van der Waals surface area contributed by atoms with Gasteiger partial charge in [0.1, 0.15) is 0 Å². The third-order valence-corrected chi connectivity index (χ3v) is 5.23. The van der Waals surface area contributed by atoms with Crippen LogP contribution >= 0.6 is 0 Å². The zero-order chi connectivity index (χ0) is 12.1. The van der Waals surface area contributed by atoms with E-state index in [2.05, 4.69) is 0 Å². The fourth-order valence-electron chi connectivity index (χ4n) is 1.28. The van der Waals surface area contributed by atoms with Gasteiger partial charge in [-0.1, -0.05) is 13.8 Å². The monoisotopic (exact) mass is 236 g/mol. The molecule has 0 aliphatic rings. The lowest BCUT2D eigenvalue weighted by Gasteiger charge is -2.18. The quantitative estimate of drug-likeness (QED) is 0.656. The normalized spacial score (nSPS) is 15.7. The Hall–Kier alpha value is -0.580. The van der Waals surface area contributed by atoms with E-state index in [0.29, 0.717) is 6.42 Å². The third kappa shape index (κ3) is 3.48. The molecule has 0 radical (unpaired) electrons. The highest BCUT2D eigenvalue weighted by molar-refractivity contribution is 7.93. The van der Waals surface area contributed by atoms with Crippen LogP contribution < -0.4 is 0 Å². The summed E-state index contributed by atoms with van der Waals surface area (Å²) in [5.74, 6) is -0.625. The van der Waals surface area contributed by atoms with Crippen LogP contribution in [0.15, 0.2) is 0 Å². The predicted molar refractivity (Wildman–Crippen MR) is 59.4 cm³/mol. The van der Waals surface area contributed by atoms with Crippen molar-refractivity contribution in [3.8, 4) is 0 Å². The molecule has 0 aliphatic carbocycles. The highest BCUT2D eigenvalue weighted by atomic mass is 32.2. The van der Waals surface area contributed by atoms with E-state index in [9.17, 15) is 13.2 Å². The van der Waals surface area contributed by atoms with Crippen molar-refractivity contribution in [1.29, 1.82) is 0 Å². The van der Waals surface area contributed by atoms with E-state index in [4.69, 9.17) is 4.74 Å². The van der Waals surface area contributed by atoms with Gasteiger partial charge in [0.25, 0.3) is 0 Å². The highest BCUT2D eigenvalue weighted by Crippen LogP contribution is 2.16. The Morgan fingerprint density at radius 1 is 1.20 bits per heavy atom. The van der Waals surface area contributed by atoms with Crippen LogP contribution in [-0.2, 0) is 19.4 Å². The lowest BCUT2D eigenvalue weighted by molar-refractivity contribution is -0.142. The molecule has 0 saturated carbocycles. The molecule has 0 aromatic carbocycles. The molecular weight excluding hydrogens is 216 g/mol. The number of esters is 1.